The molecule has 0 aromatic carbocycles. The molecule has 0 unspecified atom stereocenters. The summed E-state index contributed by atoms with van der Waals surface area (Å²) in [6, 6.07) is 2.99. The highest BCUT2D eigenvalue weighted by molar-refractivity contribution is 7.15. The van der Waals surface area contributed by atoms with Crippen molar-refractivity contribution in [2.24, 2.45) is 0 Å². The lowest BCUT2D eigenvalue weighted by Crippen LogP contribution is -2.41. The summed E-state index contributed by atoms with van der Waals surface area (Å²) >= 11 is 0.990. The summed E-state index contributed by atoms with van der Waals surface area (Å²) in [5, 5.41) is 11.6. The van der Waals surface area contributed by atoms with Crippen LogP contribution in [-0.2, 0) is 4.74 Å². The van der Waals surface area contributed by atoms with Crippen LogP contribution in [0.25, 0.3) is 0 Å². The highest BCUT2D eigenvalue weighted by Gasteiger charge is 2.14. The molecule has 0 spiro atoms. The van der Waals surface area contributed by atoms with Crippen molar-refractivity contribution in [3.8, 4) is 0 Å². The van der Waals surface area contributed by atoms with Crippen LogP contribution in [0.5, 0.6) is 0 Å². The Balaban J connectivity index is 1.75. The van der Waals surface area contributed by atoms with E-state index in [1.807, 2.05) is 0 Å². The number of nitrogens with zero attached hydrogens (tertiary/aromatic N) is 1. The molecule has 1 aromatic heterocycles. The van der Waals surface area contributed by atoms with Gasteiger partial charge in [0, 0.05) is 26.2 Å². The molecule has 19 heavy (non-hydrogen) atoms. The molecule has 104 valence electrons. The fraction of sp³-hybridized carbons (Fsp3) is 0.500. The van der Waals surface area contributed by atoms with Crippen LogP contribution in [0.4, 0.5) is 0 Å². The smallest absolute Gasteiger partial charge is 0.345 e. The molecule has 2 N–H and O–H groups in total. The van der Waals surface area contributed by atoms with Crippen molar-refractivity contribution in [1.82, 2.24) is 10.2 Å². The molecule has 7 heteroatoms. The Kier molecular flexibility index (Phi) is 4.89. The zero-order valence-corrected chi connectivity index (χ0v) is 11.2. The van der Waals surface area contributed by atoms with E-state index in [0.29, 0.717) is 11.4 Å². The normalized spacial score (nSPS) is 16.2. The molecule has 1 aromatic rings. The average molecular weight is 284 g/mol. The van der Waals surface area contributed by atoms with Gasteiger partial charge in [0.25, 0.3) is 5.91 Å². The highest BCUT2D eigenvalue weighted by Crippen LogP contribution is 2.15. The maximum atomic E-state index is 11.8. The van der Waals surface area contributed by atoms with E-state index in [1.54, 1.807) is 0 Å². The Hall–Kier alpha value is -1.44. The molecular formula is C12H16N2O4S. The topological polar surface area (TPSA) is 78.9 Å². The van der Waals surface area contributed by atoms with Crippen molar-refractivity contribution in [3.63, 3.8) is 0 Å². The standard InChI is InChI=1S/C12H16N2O4S/c15-11(9-1-2-10(19-9)12(16)17)13-3-4-14-5-7-18-8-6-14/h1-2H,3-8H2,(H,13,15)(H,16,17). The Morgan fingerprint density at radius 1 is 1.32 bits per heavy atom. The first kappa shape index (κ1) is 14.0. The van der Waals surface area contributed by atoms with Gasteiger partial charge in [-0.3, -0.25) is 9.69 Å². The lowest BCUT2D eigenvalue weighted by Gasteiger charge is -2.26. The average Bonchev–Trinajstić information content (AvgIpc) is 2.89. The van der Waals surface area contributed by atoms with Crippen molar-refractivity contribution in [3.05, 3.63) is 21.9 Å². The fourth-order valence-electron chi connectivity index (χ4n) is 1.81. The number of carboxylic acids is 1. The number of carbonyl (C=O) groups excluding carboxylic acids is 1. The molecule has 2 heterocycles. The number of morpholine rings is 1. The van der Waals surface area contributed by atoms with Gasteiger partial charge >= 0.3 is 5.97 Å². The van der Waals surface area contributed by atoms with Gasteiger partial charge in [0.05, 0.1) is 18.1 Å². The van der Waals surface area contributed by atoms with Gasteiger partial charge < -0.3 is 15.2 Å². The summed E-state index contributed by atoms with van der Waals surface area (Å²) < 4.78 is 5.24. The van der Waals surface area contributed by atoms with Crippen molar-refractivity contribution in [2.45, 2.75) is 0 Å². The van der Waals surface area contributed by atoms with Gasteiger partial charge in [0.2, 0.25) is 0 Å². The third-order valence-corrected chi connectivity index (χ3v) is 3.93. The van der Waals surface area contributed by atoms with E-state index in [-0.39, 0.29) is 10.8 Å². The fourth-order valence-corrected chi connectivity index (χ4v) is 2.58. The summed E-state index contributed by atoms with van der Waals surface area (Å²) in [7, 11) is 0. The number of nitrogens with one attached hydrogen (secondary N) is 1. The maximum Gasteiger partial charge on any atom is 0.345 e. The van der Waals surface area contributed by atoms with Crippen LogP contribution in [-0.4, -0.2) is 61.3 Å². The molecule has 2 rings (SSSR count). The molecular weight excluding hydrogens is 268 g/mol. The minimum Gasteiger partial charge on any atom is -0.477 e. The molecule has 6 nitrogen and oxygen atoms in total. The third-order valence-electron chi connectivity index (χ3n) is 2.86. The number of carboxylic acid groups (broad SMARTS) is 1. The second-order valence-corrected chi connectivity index (χ2v) is 5.26. The van der Waals surface area contributed by atoms with E-state index in [0.717, 1.165) is 44.2 Å². The second-order valence-electron chi connectivity index (χ2n) is 4.18. The summed E-state index contributed by atoms with van der Waals surface area (Å²) in [6.45, 7) is 4.59. The van der Waals surface area contributed by atoms with Crippen LogP contribution in [0.15, 0.2) is 12.1 Å². The number of thiophene rings is 1. The SMILES string of the molecule is O=C(O)c1ccc(C(=O)NCCN2CCOCC2)s1. The van der Waals surface area contributed by atoms with E-state index < -0.39 is 5.97 Å². The van der Waals surface area contributed by atoms with Crippen molar-refractivity contribution >= 4 is 23.2 Å². The van der Waals surface area contributed by atoms with E-state index in [2.05, 4.69) is 10.2 Å². The van der Waals surface area contributed by atoms with Crippen LogP contribution < -0.4 is 5.32 Å². The minimum atomic E-state index is -1.00. The highest BCUT2D eigenvalue weighted by atomic mass is 32.1. The number of hydrogen-bond acceptors (Lipinski definition) is 5. The van der Waals surface area contributed by atoms with Crippen molar-refractivity contribution in [2.75, 3.05) is 39.4 Å². The lowest BCUT2D eigenvalue weighted by molar-refractivity contribution is 0.0383. The first-order valence-corrected chi connectivity index (χ1v) is 6.90. The number of hydrogen-bond donors (Lipinski definition) is 2. The molecule has 1 aliphatic rings. The molecule has 0 bridgehead atoms. The van der Waals surface area contributed by atoms with Gasteiger partial charge in [-0.2, -0.15) is 0 Å². The number of amides is 1. The summed E-state index contributed by atoms with van der Waals surface area (Å²) in [5.74, 6) is -1.22. The zero-order valence-electron chi connectivity index (χ0n) is 10.4. The molecule has 0 aliphatic carbocycles. The van der Waals surface area contributed by atoms with E-state index >= 15 is 0 Å². The van der Waals surface area contributed by atoms with Crippen LogP contribution in [0, 0.1) is 0 Å². The molecule has 1 amide bonds. The third kappa shape index (κ3) is 4.02. The molecule has 0 radical (unpaired) electrons. The number of carbonyl (C=O) groups is 2. The number of ether oxygens (including phenoxy) is 1. The van der Waals surface area contributed by atoms with E-state index in [1.165, 1.54) is 12.1 Å². The first-order valence-electron chi connectivity index (χ1n) is 6.08. The number of aromatic carboxylic acids is 1. The largest absolute Gasteiger partial charge is 0.477 e. The number of rotatable bonds is 5. The molecule has 0 atom stereocenters. The predicted molar refractivity (Wildman–Crippen MR) is 70.9 cm³/mol. The first-order chi connectivity index (χ1) is 9.16. The molecule has 1 aliphatic heterocycles. The van der Waals surface area contributed by atoms with E-state index in [9.17, 15) is 9.59 Å². The van der Waals surface area contributed by atoms with Gasteiger partial charge in [-0.15, -0.1) is 11.3 Å². The van der Waals surface area contributed by atoms with Gasteiger partial charge in [0.1, 0.15) is 4.88 Å². The monoisotopic (exact) mass is 284 g/mol. The lowest BCUT2D eigenvalue weighted by atomic mass is 10.4. The quantitative estimate of drug-likeness (QED) is 0.823. The predicted octanol–water partition coefficient (Wildman–Crippen LogP) is 0.508. The minimum absolute atomic E-state index is 0.179. The van der Waals surface area contributed by atoms with Crippen LogP contribution in [0.2, 0.25) is 0 Å². The Morgan fingerprint density at radius 2 is 2.00 bits per heavy atom. The van der Waals surface area contributed by atoms with Crippen LogP contribution >= 0.6 is 11.3 Å². The van der Waals surface area contributed by atoms with Crippen LogP contribution in [0.1, 0.15) is 19.3 Å². The Bertz CT molecular complexity index is 454. The van der Waals surface area contributed by atoms with Gasteiger partial charge in [-0.1, -0.05) is 0 Å². The summed E-state index contributed by atoms with van der Waals surface area (Å²) in [4.78, 5) is 25.3. The Morgan fingerprint density at radius 3 is 2.63 bits per heavy atom. The summed E-state index contributed by atoms with van der Waals surface area (Å²) in [6.07, 6.45) is 0. The van der Waals surface area contributed by atoms with Crippen molar-refractivity contribution in [1.29, 1.82) is 0 Å². The Labute approximate surface area is 115 Å². The van der Waals surface area contributed by atoms with Gasteiger partial charge in [0.15, 0.2) is 0 Å². The molecule has 1 fully saturated rings. The zero-order chi connectivity index (χ0) is 13.7. The maximum absolute atomic E-state index is 11.8. The van der Waals surface area contributed by atoms with Gasteiger partial charge in [-0.25, -0.2) is 4.79 Å². The van der Waals surface area contributed by atoms with E-state index in [4.69, 9.17) is 9.84 Å². The molecule has 0 saturated carbocycles. The second kappa shape index (κ2) is 6.65. The van der Waals surface area contributed by atoms with Gasteiger partial charge in [-0.05, 0) is 12.1 Å². The van der Waals surface area contributed by atoms with Crippen molar-refractivity contribution < 1.29 is 19.4 Å². The molecule has 1 saturated heterocycles. The summed E-state index contributed by atoms with van der Waals surface area (Å²) in [5.41, 5.74) is 0. The van der Waals surface area contributed by atoms with Crippen LogP contribution in [0.3, 0.4) is 0 Å².